The topological polar surface area (TPSA) is 49.4 Å². The lowest BCUT2D eigenvalue weighted by molar-refractivity contribution is -0.131. The summed E-state index contributed by atoms with van der Waals surface area (Å²) in [7, 11) is 0. The molecule has 0 radical (unpaired) electrons. The van der Waals surface area contributed by atoms with Gasteiger partial charge in [-0.1, -0.05) is 32.1 Å². The van der Waals surface area contributed by atoms with E-state index in [0.717, 1.165) is 38.5 Å². The number of carbonyl (C=O) groups is 2. The van der Waals surface area contributed by atoms with Crippen LogP contribution in [0.2, 0.25) is 0 Å². The third kappa shape index (κ3) is 2.44. The summed E-state index contributed by atoms with van der Waals surface area (Å²) in [5, 5.41) is 2.93. The Balaban J connectivity index is 2.13. The lowest BCUT2D eigenvalue weighted by Crippen LogP contribution is -2.47. The van der Waals surface area contributed by atoms with E-state index < -0.39 is 5.54 Å². The zero-order valence-corrected chi connectivity index (χ0v) is 11.0. The minimum Gasteiger partial charge on any atom is -0.323 e. The van der Waals surface area contributed by atoms with Gasteiger partial charge < -0.3 is 5.32 Å². The van der Waals surface area contributed by atoms with E-state index in [2.05, 4.69) is 17.9 Å². The molecule has 0 atom stereocenters. The zero-order valence-electron chi connectivity index (χ0n) is 10.1. The van der Waals surface area contributed by atoms with Crippen molar-refractivity contribution in [1.29, 1.82) is 0 Å². The van der Waals surface area contributed by atoms with Crippen molar-refractivity contribution < 1.29 is 9.59 Å². The van der Waals surface area contributed by atoms with Gasteiger partial charge in [0, 0.05) is 12.3 Å². The number of urea groups is 1. The Hall–Kier alpha value is -0.710. The van der Waals surface area contributed by atoms with Crippen LogP contribution in [0, 0.1) is 0 Å². The van der Waals surface area contributed by atoms with Gasteiger partial charge in [-0.2, -0.15) is 12.6 Å². The lowest BCUT2D eigenvalue weighted by Gasteiger charge is -2.28. The first kappa shape index (κ1) is 12.7. The smallest absolute Gasteiger partial charge is 0.323 e. The summed E-state index contributed by atoms with van der Waals surface area (Å²) in [6, 6.07) is -0.232. The SMILES string of the molecule is O=C1NC2(CCCCCCC2)C(=O)N1CCS. The maximum atomic E-state index is 12.4. The molecular weight excluding hydrogens is 236 g/mol. The second-order valence-corrected chi connectivity index (χ2v) is 5.41. The molecule has 1 spiro atoms. The number of hydrogen-bond donors (Lipinski definition) is 2. The quantitative estimate of drug-likeness (QED) is 0.586. The van der Waals surface area contributed by atoms with Crippen molar-refractivity contribution in [3.8, 4) is 0 Å². The van der Waals surface area contributed by atoms with Gasteiger partial charge in [0.25, 0.3) is 5.91 Å². The molecule has 0 aromatic rings. The van der Waals surface area contributed by atoms with Crippen LogP contribution in [0.1, 0.15) is 44.9 Å². The first-order chi connectivity index (χ1) is 8.19. The third-order valence-electron chi connectivity index (χ3n) is 3.78. The van der Waals surface area contributed by atoms with E-state index in [1.165, 1.54) is 11.3 Å². The van der Waals surface area contributed by atoms with E-state index in [4.69, 9.17) is 0 Å². The monoisotopic (exact) mass is 256 g/mol. The number of hydrogen-bond acceptors (Lipinski definition) is 3. The number of imide groups is 1. The number of amides is 3. The number of nitrogens with zero attached hydrogens (tertiary/aromatic N) is 1. The van der Waals surface area contributed by atoms with Crippen molar-refractivity contribution in [2.75, 3.05) is 12.3 Å². The van der Waals surface area contributed by atoms with E-state index in [9.17, 15) is 9.59 Å². The molecule has 0 aromatic heterocycles. The molecule has 1 saturated carbocycles. The van der Waals surface area contributed by atoms with Gasteiger partial charge >= 0.3 is 6.03 Å². The molecule has 2 fully saturated rings. The molecule has 96 valence electrons. The van der Waals surface area contributed by atoms with Gasteiger partial charge in [0.2, 0.25) is 0 Å². The Morgan fingerprint density at radius 2 is 1.71 bits per heavy atom. The van der Waals surface area contributed by atoms with E-state index in [-0.39, 0.29) is 11.9 Å². The van der Waals surface area contributed by atoms with Gasteiger partial charge in [-0.05, 0) is 12.8 Å². The summed E-state index contributed by atoms with van der Waals surface area (Å²) in [4.78, 5) is 25.5. The van der Waals surface area contributed by atoms with E-state index in [1.54, 1.807) is 0 Å². The first-order valence-electron chi connectivity index (χ1n) is 6.45. The first-order valence-corrected chi connectivity index (χ1v) is 7.08. The van der Waals surface area contributed by atoms with Crippen molar-refractivity contribution in [3.63, 3.8) is 0 Å². The molecule has 2 aliphatic rings. The maximum absolute atomic E-state index is 12.4. The fraction of sp³-hybridized carbons (Fsp3) is 0.833. The predicted molar refractivity (Wildman–Crippen MR) is 69.1 cm³/mol. The van der Waals surface area contributed by atoms with Crippen LogP contribution in [-0.2, 0) is 4.79 Å². The standard InChI is InChI=1S/C12H20N2O2S/c15-10-12(6-4-2-1-3-5-7-12)13-11(16)14(10)8-9-17/h17H,1-9H2,(H,13,16). The van der Waals surface area contributed by atoms with Crippen LogP contribution in [-0.4, -0.2) is 34.7 Å². The molecule has 3 amide bonds. The third-order valence-corrected chi connectivity index (χ3v) is 3.98. The van der Waals surface area contributed by atoms with Crippen LogP contribution >= 0.6 is 12.6 Å². The lowest BCUT2D eigenvalue weighted by atomic mass is 9.84. The van der Waals surface area contributed by atoms with E-state index >= 15 is 0 Å². The average molecular weight is 256 g/mol. The number of rotatable bonds is 2. The van der Waals surface area contributed by atoms with E-state index in [0.29, 0.717) is 12.3 Å². The molecular formula is C12H20N2O2S. The molecule has 1 aliphatic heterocycles. The summed E-state index contributed by atoms with van der Waals surface area (Å²) < 4.78 is 0. The average Bonchev–Trinajstić information content (AvgIpc) is 2.50. The highest BCUT2D eigenvalue weighted by Crippen LogP contribution is 2.31. The van der Waals surface area contributed by atoms with Crippen molar-refractivity contribution in [2.45, 2.75) is 50.5 Å². The van der Waals surface area contributed by atoms with Gasteiger partial charge in [-0.25, -0.2) is 4.79 Å². The fourth-order valence-electron chi connectivity index (χ4n) is 2.83. The molecule has 4 nitrogen and oxygen atoms in total. The molecule has 0 aromatic carbocycles. The minimum absolute atomic E-state index is 0.0292. The molecule has 1 heterocycles. The number of nitrogens with one attached hydrogen (secondary N) is 1. The molecule has 1 saturated heterocycles. The summed E-state index contributed by atoms with van der Waals surface area (Å²) >= 11 is 4.09. The molecule has 1 aliphatic carbocycles. The Kier molecular flexibility index (Phi) is 3.97. The van der Waals surface area contributed by atoms with Crippen molar-refractivity contribution >= 4 is 24.6 Å². The Bertz CT molecular complexity index is 312. The molecule has 0 unspecified atom stereocenters. The molecule has 2 rings (SSSR count). The Labute approximate surface area is 108 Å². The van der Waals surface area contributed by atoms with Crippen LogP contribution < -0.4 is 5.32 Å². The summed E-state index contributed by atoms with van der Waals surface area (Å²) in [5.41, 5.74) is -0.597. The predicted octanol–water partition coefficient (Wildman–Crippen LogP) is 1.95. The molecule has 5 heteroatoms. The highest BCUT2D eigenvalue weighted by molar-refractivity contribution is 7.80. The highest BCUT2D eigenvalue weighted by atomic mass is 32.1. The second-order valence-electron chi connectivity index (χ2n) is 4.96. The van der Waals surface area contributed by atoms with Gasteiger partial charge in [-0.15, -0.1) is 0 Å². The largest absolute Gasteiger partial charge is 0.325 e. The van der Waals surface area contributed by atoms with Gasteiger partial charge in [-0.3, -0.25) is 9.69 Å². The summed E-state index contributed by atoms with van der Waals surface area (Å²) in [5.74, 6) is 0.494. The van der Waals surface area contributed by atoms with Crippen LogP contribution in [0.3, 0.4) is 0 Å². The minimum atomic E-state index is -0.597. The summed E-state index contributed by atoms with van der Waals surface area (Å²) in [6.45, 7) is 0.412. The Morgan fingerprint density at radius 1 is 1.12 bits per heavy atom. The normalized spacial score (nSPS) is 24.6. The van der Waals surface area contributed by atoms with Crippen LogP contribution in [0.4, 0.5) is 4.79 Å². The molecule has 1 N–H and O–H groups in total. The highest BCUT2D eigenvalue weighted by Gasteiger charge is 2.49. The van der Waals surface area contributed by atoms with Gasteiger partial charge in [0.05, 0.1) is 0 Å². The number of carbonyl (C=O) groups excluding carboxylic acids is 2. The second kappa shape index (κ2) is 5.29. The van der Waals surface area contributed by atoms with Crippen molar-refractivity contribution in [3.05, 3.63) is 0 Å². The number of thiol groups is 1. The van der Waals surface area contributed by atoms with E-state index in [1.807, 2.05) is 0 Å². The van der Waals surface area contributed by atoms with Gasteiger partial charge in [0.15, 0.2) is 0 Å². The Morgan fingerprint density at radius 3 is 2.29 bits per heavy atom. The molecule has 17 heavy (non-hydrogen) atoms. The van der Waals surface area contributed by atoms with Gasteiger partial charge in [0.1, 0.15) is 5.54 Å². The van der Waals surface area contributed by atoms with Crippen LogP contribution in [0.15, 0.2) is 0 Å². The van der Waals surface area contributed by atoms with Crippen molar-refractivity contribution in [1.82, 2.24) is 10.2 Å². The zero-order chi connectivity index (χ0) is 12.3. The van der Waals surface area contributed by atoms with Crippen molar-refractivity contribution in [2.24, 2.45) is 0 Å². The molecule has 0 bridgehead atoms. The maximum Gasteiger partial charge on any atom is 0.325 e. The fourth-order valence-corrected chi connectivity index (χ4v) is 3.03. The van der Waals surface area contributed by atoms with Crippen LogP contribution in [0.25, 0.3) is 0 Å². The summed E-state index contributed by atoms with van der Waals surface area (Å²) in [6.07, 6.45) is 7.22. The van der Waals surface area contributed by atoms with Crippen LogP contribution in [0.5, 0.6) is 0 Å².